The molecule has 0 bridgehead atoms. The van der Waals surface area contributed by atoms with Crippen molar-refractivity contribution in [2.45, 2.75) is 0 Å². The second-order valence-corrected chi connectivity index (χ2v) is 15.0. The Morgan fingerprint density at radius 2 is 0.948 bits per heavy atom. The van der Waals surface area contributed by atoms with Crippen molar-refractivity contribution in [2.24, 2.45) is 0 Å². The van der Waals surface area contributed by atoms with Gasteiger partial charge in [-0.15, -0.1) is 0 Å². The van der Waals surface area contributed by atoms with Crippen molar-refractivity contribution in [3.05, 3.63) is 224 Å². The molecule has 9 aromatic rings. The zero-order valence-electron chi connectivity index (χ0n) is 31.7. The van der Waals surface area contributed by atoms with E-state index in [1.165, 1.54) is 60.7 Å². The van der Waals surface area contributed by atoms with Crippen LogP contribution in [0, 0.1) is 0 Å². The SMILES string of the molecule is C1=CC(c2nc(-c3ccccc3)cc(-c3ccccc3)n2)=CN2B1c1cccc(-c3cccc(-c4cccc(-c5cccc6ccccc56)c4)c3)c1-c1ccccc12. The summed E-state index contributed by atoms with van der Waals surface area (Å²) in [5, 5.41) is 2.52. The van der Waals surface area contributed by atoms with Gasteiger partial charge in [-0.1, -0.05) is 188 Å². The molecule has 0 atom stereocenters. The summed E-state index contributed by atoms with van der Waals surface area (Å²) in [6.45, 7) is 0.0139. The third kappa shape index (κ3) is 5.94. The average molecular weight is 738 g/mol. The fourth-order valence-corrected chi connectivity index (χ4v) is 8.73. The quantitative estimate of drug-likeness (QED) is 0.159. The number of hydrogen-bond donors (Lipinski definition) is 0. The highest BCUT2D eigenvalue weighted by molar-refractivity contribution is 6.84. The number of anilines is 1. The number of aromatic nitrogens is 2. The molecule has 0 fully saturated rings. The fourth-order valence-electron chi connectivity index (χ4n) is 8.73. The number of rotatable bonds is 6. The van der Waals surface area contributed by atoms with Gasteiger partial charge >= 0.3 is 6.85 Å². The molecule has 2 aliphatic rings. The molecular weight excluding hydrogens is 701 g/mol. The Hall–Kier alpha value is -7.56. The van der Waals surface area contributed by atoms with Crippen LogP contribution >= 0.6 is 0 Å². The van der Waals surface area contributed by atoms with Gasteiger partial charge in [0, 0.05) is 34.2 Å². The first-order valence-corrected chi connectivity index (χ1v) is 19.9. The normalized spacial score (nSPS) is 12.8. The summed E-state index contributed by atoms with van der Waals surface area (Å²) < 4.78 is 0. The maximum atomic E-state index is 5.16. The summed E-state index contributed by atoms with van der Waals surface area (Å²) in [5.74, 6) is 3.01. The second-order valence-electron chi connectivity index (χ2n) is 15.0. The molecule has 2 aliphatic heterocycles. The van der Waals surface area contributed by atoms with Gasteiger partial charge in [-0.05, 0) is 79.4 Å². The van der Waals surface area contributed by atoms with Gasteiger partial charge < -0.3 is 4.81 Å². The van der Waals surface area contributed by atoms with Gasteiger partial charge in [0.25, 0.3) is 0 Å². The van der Waals surface area contributed by atoms with E-state index in [1.54, 1.807) is 0 Å². The Bertz CT molecular complexity index is 3010. The second kappa shape index (κ2) is 14.2. The van der Waals surface area contributed by atoms with E-state index >= 15 is 0 Å². The molecular formula is C54H36BN3. The minimum Gasteiger partial charge on any atom is -0.382 e. The van der Waals surface area contributed by atoms with Gasteiger partial charge in [-0.2, -0.15) is 0 Å². The van der Waals surface area contributed by atoms with Gasteiger partial charge in [0.15, 0.2) is 5.82 Å². The van der Waals surface area contributed by atoms with Crippen LogP contribution in [0.15, 0.2) is 218 Å². The lowest BCUT2D eigenvalue weighted by Gasteiger charge is -2.38. The first-order valence-electron chi connectivity index (χ1n) is 19.9. The Labute approximate surface area is 339 Å². The number of hydrogen-bond acceptors (Lipinski definition) is 3. The molecule has 4 heteroatoms. The third-order valence-electron chi connectivity index (χ3n) is 11.5. The maximum absolute atomic E-state index is 5.16. The molecule has 11 rings (SSSR count). The summed E-state index contributed by atoms with van der Waals surface area (Å²) >= 11 is 0. The van der Waals surface area contributed by atoms with Crippen LogP contribution in [0.25, 0.3) is 83.4 Å². The van der Waals surface area contributed by atoms with Crippen molar-refractivity contribution in [3.63, 3.8) is 0 Å². The number of para-hydroxylation sites is 1. The lowest BCUT2D eigenvalue weighted by Crippen LogP contribution is -2.49. The van der Waals surface area contributed by atoms with E-state index in [1.807, 2.05) is 12.1 Å². The van der Waals surface area contributed by atoms with Crippen molar-refractivity contribution in [3.8, 4) is 67.0 Å². The van der Waals surface area contributed by atoms with E-state index in [9.17, 15) is 0 Å². The van der Waals surface area contributed by atoms with Crippen LogP contribution in [-0.4, -0.2) is 16.8 Å². The van der Waals surface area contributed by atoms with Gasteiger partial charge in [0.2, 0.25) is 0 Å². The predicted octanol–water partition coefficient (Wildman–Crippen LogP) is 12.8. The lowest BCUT2D eigenvalue weighted by atomic mass is 9.49. The molecule has 0 aliphatic carbocycles. The molecule has 3 nitrogen and oxygen atoms in total. The van der Waals surface area contributed by atoms with Crippen LogP contribution in [0.3, 0.4) is 0 Å². The van der Waals surface area contributed by atoms with E-state index in [0.29, 0.717) is 5.82 Å². The fraction of sp³-hybridized carbons (Fsp3) is 0. The number of allylic oxidation sites excluding steroid dienone is 2. The number of benzene rings is 8. The minimum atomic E-state index is 0.0139. The molecule has 0 unspecified atom stereocenters. The Kier molecular flexibility index (Phi) is 8.26. The van der Waals surface area contributed by atoms with Crippen molar-refractivity contribution >= 4 is 34.3 Å². The summed E-state index contributed by atoms with van der Waals surface area (Å²) in [7, 11) is 0. The van der Waals surface area contributed by atoms with Gasteiger partial charge in [-0.3, -0.25) is 0 Å². The zero-order valence-corrected chi connectivity index (χ0v) is 31.7. The molecule has 0 amide bonds. The van der Waals surface area contributed by atoms with Crippen molar-refractivity contribution in [1.29, 1.82) is 0 Å². The molecule has 0 saturated carbocycles. The minimum absolute atomic E-state index is 0.0139. The van der Waals surface area contributed by atoms with E-state index in [0.717, 1.165) is 33.8 Å². The van der Waals surface area contributed by atoms with Crippen LogP contribution in [-0.2, 0) is 0 Å². The zero-order chi connectivity index (χ0) is 38.4. The molecule has 0 radical (unpaired) electrons. The number of nitrogens with zero attached hydrogens (tertiary/aromatic N) is 3. The summed E-state index contributed by atoms with van der Waals surface area (Å²) in [6, 6.07) is 71.5. The van der Waals surface area contributed by atoms with E-state index in [-0.39, 0.29) is 6.85 Å². The van der Waals surface area contributed by atoms with Crippen molar-refractivity contribution in [2.75, 3.05) is 4.81 Å². The highest BCUT2D eigenvalue weighted by Crippen LogP contribution is 2.43. The van der Waals surface area contributed by atoms with Crippen molar-refractivity contribution in [1.82, 2.24) is 9.97 Å². The Morgan fingerprint density at radius 3 is 1.69 bits per heavy atom. The molecule has 8 aromatic carbocycles. The topological polar surface area (TPSA) is 29.0 Å². The highest BCUT2D eigenvalue weighted by atomic mass is 15.1. The summed E-state index contributed by atoms with van der Waals surface area (Å²) in [4.78, 5) is 12.7. The van der Waals surface area contributed by atoms with E-state index < -0.39 is 0 Å². The van der Waals surface area contributed by atoms with E-state index in [4.69, 9.17) is 9.97 Å². The highest BCUT2D eigenvalue weighted by Gasteiger charge is 2.35. The smallest absolute Gasteiger partial charge is 0.320 e. The summed E-state index contributed by atoms with van der Waals surface area (Å²) in [5.41, 5.74) is 17.1. The first-order chi connectivity index (χ1) is 28.7. The number of fused-ring (bicyclic) bond motifs is 7. The van der Waals surface area contributed by atoms with Crippen LogP contribution in [0.1, 0.15) is 5.82 Å². The van der Waals surface area contributed by atoms with Gasteiger partial charge in [-0.25, -0.2) is 9.97 Å². The molecule has 0 spiro atoms. The van der Waals surface area contributed by atoms with Crippen molar-refractivity contribution < 1.29 is 0 Å². The van der Waals surface area contributed by atoms with Crippen LogP contribution in [0.5, 0.6) is 0 Å². The van der Waals surface area contributed by atoms with E-state index in [2.05, 4.69) is 211 Å². The average Bonchev–Trinajstić information content (AvgIpc) is 3.31. The molecule has 0 saturated heterocycles. The Morgan fingerprint density at radius 1 is 0.414 bits per heavy atom. The molecule has 270 valence electrons. The maximum Gasteiger partial charge on any atom is 0.320 e. The van der Waals surface area contributed by atoms with Gasteiger partial charge in [0.05, 0.1) is 11.4 Å². The van der Waals surface area contributed by atoms with Crippen LogP contribution in [0.2, 0.25) is 0 Å². The van der Waals surface area contributed by atoms with Gasteiger partial charge in [0.1, 0.15) is 0 Å². The largest absolute Gasteiger partial charge is 0.382 e. The van der Waals surface area contributed by atoms with Crippen LogP contribution < -0.4 is 10.3 Å². The molecule has 0 N–H and O–H groups in total. The summed E-state index contributed by atoms with van der Waals surface area (Å²) in [6.07, 6.45) is 4.44. The molecule has 58 heavy (non-hydrogen) atoms. The lowest BCUT2D eigenvalue weighted by molar-refractivity contribution is 1.13. The monoisotopic (exact) mass is 737 g/mol. The molecule has 3 heterocycles. The Balaban J connectivity index is 0.986. The third-order valence-corrected chi connectivity index (χ3v) is 11.5. The first kappa shape index (κ1) is 33.8. The van der Waals surface area contributed by atoms with Crippen LogP contribution in [0.4, 0.5) is 5.69 Å². The predicted molar refractivity (Wildman–Crippen MR) is 244 cm³/mol. The molecule has 1 aromatic heterocycles. The standard InChI is InChI=1S/C54H36BN3/c1-3-16-38(17-4-1)50-35-51(39-18-5-2-6-19-39)57-54(56-50)44-31-32-55-49-29-14-28-47(53(49)48-26-9-10-30-52(48)58(55)36-44)43-24-12-22-41(34-43)40-21-11-23-42(33-40)46-27-13-20-37-15-7-8-25-45(37)46/h1-36H.